The molecule has 1 rings (SSSR count). The minimum atomic E-state index is -0.0634. The fraction of sp³-hybridized carbons (Fsp3) is 0.667. The number of nitrogens with zero attached hydrogens (tertiary/aromatic N) is 2. The van der Waals surface area contributed by atoms with Crippen LogP contribution in [0.1, 0.15) is 57.4 Å². The highest BCUT2D eigenvalue weighted by atomic mass is 16.5. The van der Waals surface area contributed by atoms with Gasteiger partial charge in [0.25, 0.3) is 0 Å². The zero-order chi connectivity index (χ0) is 13.8. The Morgan fingerprint density at radius 1 is 1.05 bits per heavy atom. The van der Waals surface area contributed by atoms with Crippen LogP contribution < -0.4 is 0 Å². The van der Waals surface area contributed by atoms with Crippen molar-refractivity contribution in [3.63, 3.8) is 0 Å². The molecular weight excluding hydrogens is 240 g/mol. The van der Waals surface area contributed by atoms with E-state index in [1.54, 1.807) is 6.33 Å². The average Bonchev–Trinajstić information content (AvgIpc) is 2.43. The molecule has 0 fully saturated rings. The van der Waals surface area contributed by atoms with Crippen molar-refractivity contribution in [2.45, 2.75) is 58.3 Å². The van der Waals surface area contributed by atoms with E-state index in [9.17, 15) is 4.79 Å². The van der Waals surface area contributed by atoms with Gasteiger partial charge in [-0.05, 0) is 31.7 Å². The summed E-state index contributed by atoms with van der Waals surface area (Å²) >= 11 is 0. The van der Waals surface area contributed by atoms with Crippen molar-refractivity contribution in [1.29, 1.82) is 0 Å². The van der Waals surface area contributed by atoms with Gasteiger partial charge in [0.05, 0.1) is 6.61 Å². The van der Waals surface area contributed by atoms with E-state index in [0.717, 1.165) is 19.3 Å². The van der Waals surface area contributed by atoms with E-state index < -0.39 is 0 Å². The van der Waals surface area contributed by atoms with Gasteiger partial charge in [-0.15, -0.1) is 0 Å². The van der Waals surface area contributed by atoms with E-state index in [2.05, 4.69) is 9.97 Å². The summed E-state index contributed by atoms with van der Waals surface area (Å²) in [5.41, 5.74) is 1.21. The molecule has 0 saturated carbocycles. The summed E-state index contributed by atoms with van der Waals surface area (Å²) < 4.78 is 4.89. The van der Waals surface area contributed by atoms with Gasteiger partial charge < -0.3 is 4.74 Å². The van der Waals surface area contributed by atoms with E-state index in [0.29, 0.717) is 13.0 Å². The van der Waals surface area contributed by atoms with E-state index in [-0.39, 0.29) is 5.97 Å². The SMILES string of the molecule is CCOC(=O)CCCCCCCCc1cncnc1. The summed E-state index contributed by atoms with van der Waals surface area (Å²) in [5.74, 6) is -0.0634. The maximum atomic E-state index is 11.1. The number of aromatic nitrogens is 2. The van der Waals surface area contributed by atoms with E-state index >= 15 is 0 Å². The highest BCUT2D eigenvalue weighted by Crippen LogP contribution is 2.10. The van der Waals surface area contributed by atoms with Crippen LogP contribution >= 0.6 is 0 Å². The summed E-state index contributed by atoms with van der Waals surface area (Å²) in [6.07, 6.45) is 13.9. The largest absolute Gasteiger partial charge is 0.466 e. The number of unbranched alkanes of at least 4 members (excludes halogenated alkanes) is 5. The number of rotatable bonds is 10. The fourth-order valence-corrected chi connectivity index (χ4v) is 2.00. The molecule has 4 nitrogen and oxygen atoms in total. The van der Waals surface area contributed by atoms with Crippen LogP contribution in [-0.2, 0) is 16.0 Å². The lowest BCUT2D eigenvalue weighted by atomic mass is 10.1. The second-order valence-corrected chi connectivity index (χ2v) is 4.67. The molecule has 1 aromatic rings. The maximum absolute atomic E-state index is 11.1. The molecule has 4 heteroatoms. The quantitative estimate of drug-likeness (QED) is 0.480. The zero-order valence-corrected chi connectivity index (χ0v) is 11.8. The first-order chi connectivity index (χ1) is 9.33. The first kappa shape index (κ1) is 15.6. The molecule has 0 unspecified atom stereocenters. The molecule has 0 N–H and O–H groups in total. The minimum Gasteiger partial charge on any atom is -0.466 e. The van der Waals surface area contributed by atoms with Gasteiger partial charge in [0.15, 0.2) is 0 Å². The number of ether oxygens (including phenoxy) is 1. The Kier molecular flexibility index (Phi) is 8.60. The van der Waals surface area contributed by atoms with E-state index in [1.165, 1.54) is 31.2 Å². The third-order valence-corrected chi connectivity index (χ3v) is 3.02. The van der Waals surface area contributed by atoms with Gasteiger partial charge >= 0.3 is 5.97 Å². The lowest BCUT2D eigenvalue weighted by Crippen LogP contribution is -2.03. The third-order valence-electron chi connectivity index (χ3n) is 3.02. The molecule has 0 aromatic carbocycles. The Morgan fingerprint density at radius 2 is 1.68 bits per heavy atom. The highest BCUT2D eigenvalue weighted by molar-refractivity contribution is 5.69. The Labute approximate surface area is 115 Å². The molecule has 19 heavy (non-hydrogen) atoms. The molecule has 0 amide bonds. The van der Waals surface area contributed by atoms with Gasteiger partial charge in [0, 0.05) is 18.8 Å². The molecule has 0 atom stereocenters. The molecule has 106 valence electrons. The second kappa shape index (κ2) is 10.5. The van der Waals surface area contributed by atoms with Crippen LogP contribution in [0, 0.1) is 0 Å². The van der Waals surface area contributed by atoms with Crippen LogP contribution in [0.15, 0.2) is 18.7 Å². The topological polar surface area (TPSA) is 52.1 Å². The third kappa shape index (κ3) is 8.30. The molecule has 0 bridgehead atoms. The number of esters is 1. The van der Waals surface area contributed by atoms with Gasteiger partial charge in [-0.25, -0.2) is 9.97 Å². The Bertz CT molecular complexity index is 341. The van der Waals surface area contributed by atoms with Crippen LogP contribution in [-0.4, -0.2) is 22.5 Å². The monoisotopic (exact) mass is 264 g/mol. The molecule has 0 saturated heterocycles. The average molecular weight is 264 g/mol. The lowest BCUT2D eigenvalue weighted by molar-refractivity contribution is -0.143. The molecular formula is C15H24N2O2. The van der Waals surface area contributed by atoms with Crippen molar-refractivity contribution in [3.8, 4) is 0 Å². The molecule has 0 spiro atoms. The Hall–Kier alpha value is -1.45. The molecule has 1 aromatic heterocycles. The van der Waals surface area contributed by atoms with Crippen molar-refractivity contribution in [2.24, 2.45) is 0 Å². The number of carbonyl (C=O) groups excluding carboxylic acids is 1. The first-order valence-corrected chi connectivity index (χ1v) is 7.22. The summed E-state index contributed by atoms with van der Waals surface area (Å²) in [6, 6.07) is 0. The fourth-order valence-electron chi connectivity index (χ4n) is 2.00. The van der Waals surface area contributed by atoms with Crippen molar-refractivity contribution < 1.29 is 9.53 Å². The standard InChI is InChI=1S/C15H24N2O2/c1-2-19-15(18)10-8-6-4-3-5-7-9-14-11-16-13-17-12-14/h11-13H,2-10H2,1H3. The van der Waals surface area contributed by atoms with Gasteiger partial charge in [0.2, 0.25) is 0 Å². The summed E-state index contributed by atoms with van der Waals surface area (Å²) in [6.45, 7) is 2.33. The normalized spacial score (nSPS) is 10.4. The summed E-state index contributed by atoms with van der Waals surface area (Å²) in [5, 5.41) is 0. The predicted octanol–water partition coefficient (Wildman–Crippen LogP) is 3.31. The highest BCUT2D eigenvalue weighted by Gasteiger charge is 2.00. The lowest BCUT2D eigenvalue weighted by Gasteiger charge is -2.03. The summed E-state index contributed by atoms with van der Waals surface area (Å²) in [4.78, 5) is 19.1. The van der Waals surface area contributed by atoms with Crippen molar-refractivity contribution in [1.82, 2.24) is 9.97 Å². The molecule has 1 heterocycles. The van der Waals surface area contributed by atoms with Gasteiger partial charge in [-0.1, -0.05) is 25.7 Å². The van der Waals surface area contributed by atoms with Crippen LogP contribution in [0.25, 0.3) is 0 Å². The Morgan fingerprint density at radius 3 is 2.37 bits per heavy atom. The Balaban J connectivity index is 1.88. The number of hydrogen-bond donors (Lipinski definition) is 0. The minimum absolute atomic E-state index is 0.0634. The molecule has 0 aliphatic carbocycles. The van der Waals surface area contributed by atoms with Gasteiger partial charge in [-0.2, -0.15) is 0 Å². The number of aryl methyl sites for hydroxylation is 1. The smallest absolute Gasteiger partial charge is 0.305 e. The molecule has 0 aliphatic heterocycles. The van der Waals surface area contributed by atoms with Gasteiger partial charge in [0.1, 0.15) is 6.33 Å². The first-order valence-electron chi connectivity index (χ1n) is 7.22. The molecule has 0 radical (unpaired) electrons. The van der Waals surface area contributed by atoms with Crippen LogP contribution in [0.2, 0.25) is 0 Å². The maximum Gasteiger partial charge on any atom is 0.305 e. The van der Waals surface area contributed by atoms with E-state index in [1.807, 2.05) is 19.3 Å². The van der Waals surface area contributed by atoms with Crippen molar-refractivity contribution in [2.75, 3.05) is 6.61 Å². The van der Waals surface area contributed by atoms with E-state index in [4.69, 9.17) is 4.74 Å². The van der Waals surface area contributed by atoms with Crippen LogP contribution in [0.5, 0.6) is 0 Å². The second-order valence-electron chi connectivity index (χ2n) is 4.67. The van der Waals surface area contributed by atoms with Crippen LogP contribution in [0.3, 0.4) is 0 Å². The van der Waals surface area contributed by atoms with Gasteiger partial charge in [-0.3, -0.25) is 4.79 Å². The zero-order valence-electron chi connectivity index (χ0n) is 11.8. The number of hydrogen-bond acceptors (Lipinski definition) is 4. The molecule has 0 aliphatic rings. The number of carbonyl (C=O) groups is 1. The van der Waals surface area contributed by atoms with Crippen molar-refractivity contribution in [3.05, 3.63) is 24.3 Å². The van der Waals surface area contributed by atoms with Crippen molar-refractivity contribution >= 4 is 5.97 Å². The predicted molar refractivity (Wildman–Crippen MR) is 74.7 cm³/mol. The van der Waals surface area contributed by atoms with Crippen LogP contribution in [0.4, 0.5) is 0 Å². The summed E-state index contributed by atoms with van der Waals surface area (Å²) in [7, 11) is 0.